The van der Waals surface area contributed by atoms with E-state index in [0.29, 0.717) is 18.2 Å². The molecule has 2 aromatic carbocycles. The Morgan fingerprint density at radius 1 is 1.07 bits per heavy atom. The molecule has 1 aliphatic rings. The minimum absolute atomic E-state index is 0.121. The molecule has 1 atom stereocenters. The summed E-state index contributed by atoms with van der Waals surface area (Å²) in [5.41, 5.74) is 1.60. The number of sulfonamides is 1. The lowest BCUT2D eigenvalue weighted by Crippen LogP contribution is -2.30. The maximum Gasteiger partial charge on any atom is 0.246 e. The van der Waals surface area contributed by atoms with Crippen LogP contribution in [0.5, 0.6) is 0 Å². The minimum atomic E-state index is -4.12. The molecule has 0 spiro atoms. The zero-order chi connectivity index (χ0) is 19.0. The van der Waals surface area contributed by atoms with Gasteiger partial charge in [0, 0.05) is 18.7 Å². The van der Waals surface area contributed by atoms with Crippen molar-refractivity contribution in [2.75, 3.05) is 13.1 Å². The average molecular weight is 390 g/mol. The van der Waals surface area contributed by atoms with Gasteiger partial charge in [-0.3, -0.25) is 0 Å². The average Bonchev–Trinajstić information content (AvgIpc) is 3.34. The van der Waals surface area contributed by atoms with Gasteiger partial charge in [0.05, 0.1) is 12.2 Å². The first-order chi connectivity index (χ1) is 12.9. The molecule has 0 saturated carbocycles. The number of hydrogen-bond acceptors (Lipinski definition) is 4. The second kappa shape index (κ2) is 6.82. The van der Waals surface area contributed by atoms with Crippen LogP contribution in [0.3, 0.4) is 0 Å². The van der Waals surface area contributed by atoms with Crippen LogP contribution in [0.2, 0.25) is 0 Å². The molecule has 0 aliphatic carbocycles. The maximum atomic E-state index is 13.9. The van der Waals surface area contributed by atoms with Crippen LogP contribution in [0.4, 0.5) is 8.78 Å². The lowest BCUT2D eigenvalue weighted by atomic mass is 10.2. The fourth-order valence-corrected chi connectivity index (χ4v) is 4.72. The van der Waals surface area contributed by atoms with E-state index < -0.39 is 26.6 Å². The summed E-state index contributed by atoms with van der Waals surface area (Å²) in [7, 11) is -4.12. The highest BCUT2D eigenvalue weighted by Crippen LogP contribution is 2.29. The Kier molecular flexibility index (Phi) is 4.48. The molecule has 1 aromatic heterocycles. The highest BCUT2D eigenvalue weighted by Gasteiger charge is 2.35. The highest BCUT2D eigenvalue weighted by molar-refractivity contribution is 7.89. The second-order valence-electron chi connectivity index (χ2n) is 6.33. The van der Waals surface area contributed by atoms with Crippen molar-refractivity contribution in [3.8, 4) is 11.3 Å². The van der Waals surface area contributed by atoms with Crippen molar-refractivity contribution >= 4 is 10.0 Å². The predicted octanol–water partition coefficient (Wildman–Crippen LogP) is 2.86. The summed E-state index contributed by atoms with van der Waals surface area (Å²) >= 11 is 0. The van der Waals surface area contributed by atoms with Gasteiger partial charge in [-0.2, -0.15) is 4.31 Å². The van der Waals surface area contributed by atoms with Crippen LogP contribution in [0.1, 0.15) is 12.5 Å². The molecule has 0 amide bonds. The molecule has 4 rings (SSSR count). The van der Waals surface area contributed by atoms with Crippen LogP contribution in [0.25, 0.3) is 11.3 Å². The summed E-state index contributed by atoms with van der Waals surface area (Å²) in [6, 6.07) is 11.7. The maximum absolute atomic E-state index is 13.9. The molecule has 1 unspecified atom stereocenters. The number of rotatable bonds is 4. The summed E-state index contributed by atoms with van der Waals surface area (Å²) in [6.07, 6.45) is 2.27. The molecule has 140 valence electrons. The molecule has 27 heavy (non-hydrogen) atoms. The number of benzene rings is 2. The van der Waals surface area contributed by atoms with E-state index in [0.717, 1.165) is 22.0 Å². The van der Waals surface area contributed by atoms with Gasteiger partial charge in [0.15, 0.2) is 0 Å². The fraction of sp³-hybridized carbons (Fsp3) is 0.222. The van der Waals surface area contributed by atoms with Gasteiger partial charge in [-0.25, -0.2) is 21.9 Å². The van der Waals surface area contributed by atoms with Gasteiger partial charge in [0.2, 0.25) is 10.0 Å². The fourth-order valence-electron chi connectivity index (χ4n) is 3.16. The van der Waals surface area contributed by atoms with Crippen molar-refractivity contribution in [2.45, 2.75) is 17.4 Å². The Morgan fingerprint density at radius 3 is 2.63 bits per heavy atom. The lowest BCUT2D eigenvalue weighted by Gasteiger charge is -2.17. The summed E-state index contributed by atoms with van der Waals surface area (Å²) in [6.45, 7) is 0.319. The summed E-state index contributed by atoms with van der Waals surface area (Å²) < 4.78 is 55.5. The molecule has 3 aromatic rings. The van der Waals surface area contributed by atoms with Crippen LogP contribution >= 0.6 is 0 Å². The van der Waals surface area contributed by atoms with Crippen molar-refractivity contribution in [2.24, 2.45) is 0 Å². The third-order valence-electron chi connectivity index (χ3n) is 4.59. The van der Waals surface area contributed by atoms with E-state index in [9.17, 15) is 17.2 Å². The molecule has 1 fully saturated rings. The number of halogens is 2. The predicted molar refractivity (Wildman–Crippen MR) is 94.2 cm³/mol. The third kappa shape index (κ3) is 3.35. The molecule has 9 heteroatoms. The minimum Gasteiger partial charge on any atom is -0.247 e. The molecule has 0 N–H and O–H groups in total. The molecule has 6 nitrogen and oxygen atoms in total. The SMILES string of the molecule is O=S(=O)(c1cc(F)ccc1F)N1CCC(n2cc(-c3ccccc3)nn2)C1. The Morgan fingerprint density at radius 2 is 1.85 bits per heavy atom. The third-order valence-corrected chi connectivity index (χ3v) is 6.47. The van der Waals surface area contributed by atoms with E-state index in [2.05, 4.69) is 10.3 Å². The smallest absolute Gasteiger partial charge is 0.246 e. The van der Waals surface area contributed by atoms with E-state index in [1.54, 1.807) is 10.9 Å². The molecule has 1 saturated heterocycles. The lowest BCUT2D eigenvalue weighted by molar-refractivity contribution is 0.425. The van der Waals surface area contributed by atoms with Gasteiger partial charge in [-0.15, -0.1) is 5.10 Å². The normalized spacial score (nSPS) is 18.1. The first-order valence-corrected chi connectivity index (χ1v) is 9.81. The van der Waals surface area contributed by atoms with Gasteiger partial charge >= 0.3 is 0 Å². The zero-order valence-corrected chi connectivity index (χ0v) is 15.0. The zero-order valence-electron chi connectivity index (χ0n) is 14.2. The topological polar surface area (TPSA) is 68.1 Å². The van der Waals surface area contributed by atoms with E-state index in [4.69, 9.17) is 0 Å². The highest BCUT2D eigenvalue weighted by atomic mass is 32.2. The standard InChI is InChI=1S/C18H16F2N4O2S/c19-14-6-7-16(20)18(10-14)27(25,26)23-9-8-15(11-23)24-12-17(21-22-24)13-4-2-1-3-5-13/h1-7,10,12,15H,8-9,11H2. The molecular formula is C18H16F2N4O2S. The van der Waals surface area contributed by atoms with Crippen LogP contribution < -0.4 is 0 Å². The number of aromatic nitrogens is 3. The Labute approximate surface area is 155 Å². The van der Waals surface area contributed by atoms with Crippen LogP contribution in [-0.4, -0.2) is 40.8 Å². The molecule has 0 radical (unpaired) electrons. The van der Waals surface area contributed by atoms with E-state index >= 15 is 0 Å². The summed E-state index contributed by atoms with van der Waals surface area (Å²) in [5, 5.41) is 8.24. The van der Waals surface area contributed by atoms with Crippen LogP contribution in [-0.2, 0) is 10.0 Å². The monoisotopic (exact) mass is 390 g/mol. The van der Waals surface area contributed by atoms with Gasteiger partial charge in [0.25, 0.3) is 0 Å². The van der Waals surface area contributed by atoms with Gasteiger partial charge in [0.1, 0.15) is 22.2 Å². The van der Waals surface area contributed by atoms with E-state index in [-0.39, 0.29) is 19.1 Å². The molecular weight excluding hydrogens is 374 g/mol. The Bertz CT molecular complexity index is 1070. The van der Waals surface area contributed by atoms with Gasteiger partial charge < -0.3 is 0 Å². The van der Waals surface area contributed by atoms with Gasteiger partial charge in [-0.1, -0.05) is 35.5 Å². The van der Waals surface area contributed by atoms with Crippen molar-refractivity contribution in [3.05, 3.63) is 66.4 Å². The van der Waals surface area contributed by atoms with Crippen LogP contribution in [0, 0.1) is 11.6 Å². The van der Waals surface area contributed by atoms with Gasteiger partial charge in [-0.05, 0) is 24.6 Å². The van der Waals surface area contributed by atoms with Crippen molar-refractivity contribution in [1.29, 1.82) is 0 Å². The van der Waals surface area contributed by atoms with E-state index in [1.165, 1.54) is 0 Å². The largest absolute Gasteiger partial charge is 0.247 e. The summed E-state index contributed by atoms with van der Waals surface area (Å²) in [4.78, 5) is -0.647. The summed E-state index contributed by atoms with van der Waals surface area (Å²) in [5.74, 6) is -1.76. The van der Waals surface area contributed by atoms with E-state index in [1.807, 2.05) is 30.3 Å². The Hall–Kier alpha value is -2.65. The molecule has 0 bridgehead atoms. The number of nitrogens with zero attached hydrogens (tertiary/aromatic N) is 4. The quantitative estimate of drug-likeness (QED) is 0.687. The molecule has 1 aliphatic heterocycles. The van der Waals surface area contributed by atoms with Crippen molar-refractivity contribution < 1.29 is 17.2 Å². The Balaban J connectivity index is 1.55. The first-order valence-electron chi connectivity index (χ1n) is 8.37. The van der Waals surface area contributed by atoms with Crippen molar-refractivity contribution in [3.63, 3.8) is 0 Å². The van der Waals surface area contributed by atoms with Crippen LogP contribution in [0.15, 0.2) is 59.6 Å². The molecule has 2 heterocycles. The second-order valence-corrected chi connectivity index (χ2v) is 8.24. The van der Waals surface area contributed by atoms with Crippen molar-refractivity contribution in [1.82, 2.24) is 19.3 Å². The first kappa shape index (κ1) is 17.7. The number of hydrogen-bond donors (Lipinski definition) is 0.